The fourth-order valence-electron chi connectivity index (χ4n) is 15.1. The minimum absolute atomic E-state index is 0.0114. The van der Waals surface area contributed by atoms with E-state index in [2.05, 4.69) is 119 Å². The maximum absolute atomic E-state index is 14.8. The molecule has 45 heteroatoms. The zero-order valence-corrected chi connectivity index (χ0v) is 95.4. The molecule has 3 aliphatic rings. The largest absolute Gasteiger partial charge is 0.505 e. The van der Waals surface area contributed by atoms with Crippen LogP contribution in [0.1, 0.15) is 108 Å². The van der Waals surface area contributed by atoms with Crippen molar-refractivity contribution in [3.63, 3.8) is 0 Å². The second-order valence-electron chi connectivity index (χ2n) is 35.1. The van der Waals surface area contributed by atoms with Crippen LogP contribution in [0.15, 0.2) is 212 Å². The molecule has 15 rings (SSSR count). The molecule has 150 heavy (non-hydrogen) atoms. The molecule has 3 aliphatic heterocycles. The number of ketones is 1. The first-order valence-corrected chi connectivity index (χ1v) is 57.2. The molecule has 2 bridgehead atoms. The van der Waals surface area contributed by atoms with Crippen LogP contribution in [-0.2, 0) is 53.9 Å². The summed E-state index contributed by atoms with van der Waals surface area (Å²) in [5, 5.41) is 72.6. The molecular weight excluding hydrogens is 2430 g/mol. The third-order valence-electron chi connectivity index (χ3n) is 22.7. The molecule has 7 N–H and O–H groups in total. The fourth-order valence-corrected chi connectivity index (χ4v) is 20.2. The molecule has 0 spiro atoms. The minimum Gasteiger partial charge on any atom is -0.505 e. The number of carboxylic acids is 1. The zero-order chi connectivity index (χ0) is 112. The van der Waals surface area contributed by atoms with Crippen molar-refractivity contribution in [1.29, 1.82) is 0 Å². The van der Waals surface area contributed by atoms with Gasteiger partial charge in [0.2, 0.25) is 40.7 Å². The Labute approximate surface area is 927 Å². The number of aromatic carboxylic acids is 1. The van der Waals surface area contributed by atoms with E-state index in [4.69, 9.17) is 129 Å². The third-order valence-corrected chi connectivity index (χ3v) is 29.0. The van der Waals surface area contributed by atoms with Crippen LogP contribution in [-0.4, -0.2) is 160 Å². The monoisotopic (exact) mass is 2520 g/mol. The number of fused-ring (bicyclic) bond motifs is 2. The number of methoxy groups -OCH3 is 5. The summed E-state index contributed by atoms with van der Waals surface area (Å²) in [6.07, 6.45) is -6.88. The van der Waals surface area contributed by atoms with E-state index in [0.29, 0.717) is 52.7 Å². The Morgan fingerprint density at radius 3 is 1.21 bits per heavy atom. The van der Waals surface area contributed by atoms with Crippen LogP contribution < -0.4 is 23.7 Å². The number of ether oxygens (including phenoxy) is 8. The zero-order valence-electron chi connectivity index (χ0n) is 81.8. The van der Waals surface area contributed by atoms with Crippen LogP contribution >= 0.6 is 145 Å². The molecule has 808 valence electrons. The predicted molar refractivity (Wildman–Crippen MR) is 567 cm³/mol. The van der Waals surface area contributed by atoms with Gasteiger partial charge < -0.3 is 82.5 Å². The Bertz CT molecular complexity index is 6720. The number of carboxylic acid groups (broad SMARTS) is 1. The number of carbonyl (C=O) groups excluding carboxylic acids is 2. The summed E-state index contributed by atoms with van der Waals surface area (Å²) >= 11 is 54.1. The Morgan fingerprint density at radius 1 is 0.440 bits per heavy atom. The highest BCUT2D eigenvalue weighted by Crippen LogP contribution is 2.53. The number of aliphatic hydroxyl groups excluding tert-OH is 4. The van der Waals surface area contributed by atoms with Crippen molar-refractivity contribution in [2.45, 2.75) is 146 Å². The number of benzene rings is 12. The van der Waals surface area contributed by atoms with Crippen LogP contribution in [0.2, 0.25) is 69.4 Å². The van der Waals surface area contributed by atoms with Crippen molar-refractivity contribution < 1.29 is 150 Å². The van der Waals surface area contributed by atoms with Crippen LogP contribution in [0, 0.1) is 75.7 Å². The highest BCUT2D eigenvalue weighted by atomic mass is 79.9. The van der Waals surface area contributed by atoms with Gasteiger partial charge in [-0.05, 0) is 249 Å². The van der Waals surface area contributed by atoms with E-state index in [1.807, 2.05) is 6.92 Å². The number of aromatic hydroxyl groups is 1. The van der Waals surface area contributed by atoms with Gasteiger partial charge in [0.05, 0.1) is 92.2 Å². The van der Waals surface area contributed by atoms with Gasteiger partial charge in [0, 0.05) is 74.8 Å². The molecule has 3 heterocycles. The summed E-state index contributed by atoms with van der Waals surface area (Å²) in [4.78, 5) is 33.4. The van der Waals surface area contributed by atoms with Gasteiger partial charge in [0.1, 0.15) is 30.0 Å². The lowest BCUT2D eigenvalue weighted by Gasteiger charge is -2.53. The Kier molecular flexibility index (Phi) is 47.0. The predicted octanol–water partition coefficient (Wildman–Crippen LogP) is 28.4. The molecule has 0 amide bonds. The van der Waals surface area contributed by atoms with Gasteiger partial charge in [-0.2, -0.15) is 26.3 Å². The summed E-state index contributed by atoms with van der Waals surface area (Å²) < 4.78 is 220. The van der Waals surface area contributed by atoms with Crippen molar-refractivity contribution in [3.8, 4) is 34.5 Å². The minimum atomic E-state index is -2.19. The normalized spacial score (nSPS) is 19.0. The number of carbonyl (C=O) groups is 3. The van der Waals surface area contributed by atoms with Gasteiger partial charge in [0.15, 0.2) is 97.6 Å². The van der Waals surface area contributed by atoms with E-state index in [-0.39, 0.29) is 115 Å². The molecular formula is C105H99Br4Cl7F12O20Si2. The molecule has 1 unspecified atom stereocenters. The van der Waals surface area contributed by atoms with Gasteiger partial charge in [-0.1, -0.05) is 190 Å². The summed E-state index contributed by atoms with van der Waals surface area (Å²) in [6.45, 7) is 17.7. The van der Waals surface area contributed by atoms with Crippen molar-refractivity contribution in [3.05, 3.63) is 379 Å². The summed E-state index contributed by atoms with van der Waals surface area (Å²) in [6, 6.07) is 46.8. The molecule has 12 aromatic carbocycles. The second-order valence-corrected chi connectivity index (χ2v) is 50.5. The summed E-state index contributed by atoms with van der Waals surface area (Å²) in [7, 11) is 2.08. The average Bonchev–Trinajstić information content (AvgIpc) is 1.54. The number of phenolic OH excluding ortho intramolecular Hbond substituents is 1. The molecule has 0 radical (unpaired) electrons. The maximum atomic E-state index is 14.8. The summed E-state index contributed by atoms with van der Waals surface area (Å²) in [5.41, 5.74) is 1.11. The Balaban J connectivity index is 0.000000220. The van der Waals surface area contributed by atoms with E-state index in [1.165, 1.54) is 146 Å². The smallest absolute Gasteiger partial charge is 0.337 e. The van der Waals surface area contributed by atoms with E-state index < -0.39 is 169 Å². The molecule has 11 atom stereocenters. The van der Waals surface area contributed by atoms with E-state index in [0.717, 1.165) is 38.8 Å². The van der Waals surface area contributed by atoms with Gasteiger partial charge >= 0.3 is 5.97 Å². The quantitative estimate of drug-likeness (QED) is 0.0136. The lowest BCUT2D eigenvalue weighted by Crippen LogP contribution is -2.67. The number of hydrogen-bond donors (Lipinski definition) is 7. The molecule has 0 saturated carbocycles. The maximum Gasteiger partial charge on any atom is 0.337 e. The first-order valence-electron chi connectivity index (χ1n) is 44.6. The van der Waals surface area contributed by atoms with Gasteiger partial charge in [-0.3, -0.25) is 9.59 Å². The molecule has 20 nitrogen and oxygen atoms in total. The second kappa shape index (κ2) is 55.7. The van der Waals surface area contributed by atoms with Gasteiger partial charge in [-0.25, -0.2) is 31.1 Å². The molecule has 12 aromatic rings. The van der Waals surface area contributed by atoms with Gasteiger partial charge in [0.25, 0.3) is 5.24 Å². The first kappa shape index (κ1) is 127. The van der Waals surface area contributed by atoms with Crippen molar-refractivity contribution in [1.82, 2.24) is 0 Å². The van der Waals surface area contributed by atoms with Crippen LogP contribution in [0.5, 0.6) is 34.5 Å². The standard InChI is InChI=1S/C28H41ClF2O5Si2.C22H23ClF2O7.C14H8BrClF2O2.C14H10BrClF2O.C7H3BrCl2O.C7H4BrClO2.C7H6F2O.C6H4F2O/c1-10-22-17(2)26(35-37(4,5)6)27(36-38(7,8)9)28(32,34-22)20-12-13-21(29)19(16-20)15-18-11-14-23(33-3)25(31)24(18)30;1-10(26)21-9-31-22(32-21,20(29)18(27)19(21)28)13-4-5-14(23)12(8-13)7-11-3-6-15(30-2)17(25)16(11)24;1-20-11-5-3-8(12(17)13(11)18)14(19)9-6-7(15)2-4-10(9)16;1-19-12-5-2-8(13(17)14(12)18)6-9-7-10(15)3-4-11(9)16;2*8-4-1-2-6(9)5(3-4)7(10)11;1-10-6-4-2-3-5(8)7(6)9;7-4-2-1-3-5(9)6(4)8/h11-14,16-17,22,26-27,32H,10,15H2,1-9H3;3-6,8,10,18-20,26-29H,7,9H2,1-2H3;2-6H,1H3;2-5,7H,6H2,1H3;1-3H;1-3H,(H,10,11);2-4H,1H3;1-3,9H/t17-,22-,26+,27-,28+;10?,18-,19-,20+,21+,22-;;;;;;/m10....../s1. The molecule has 3 saturated heterocycles. The van der Waals surface area contributed by atoms with Crippen molar-refractivity contribution in [2.75, 3.05) is 42.2 Å². The number of phenols is 1. The molecule has 0 aliphatic carbocycles. The first-order chi connectivity index (χ1) is 70.2. The van der Waals surface area contributed by atoms with Crippen LogP contribution in [0.4, 0.5) is 52.7 Å². The van der Waals surface area contributed by atoms with E-state index in [1.54, 1.807) is 66.7 Å². The SMILES string of the molecule is CC[C@H]1O[C@@](O)(c2ccc(Cl)c(Cc3ccc(OC)c(F)c3F)c2)[C@H](O[Si](C)(C)C)[C@@H](O[Si](C)(C)C)[C@@H]1C.COc1ccc(C(=O)c2cc(Br)ccc2Cl)c(F)c1F.COc1ccc(Cc2cc(Br)ccc2Cl)c(F)c1F.COc1ccc(Cc2cc([C@]34OC[C@](C(C)O)(O3)[C@@H](O)[C@H](O)[C@H]4O)ccc2Cl)c(F)c1F.COc1cccc(F)c1F.O=C(Cl)c1cc(Br)ccc1Cl.O=C(O)c1cc(Br)ccc1Cl.Oc1cccc(F)c1F. The van der Waals surface area contributed by atoms with Crippen molar-refractivity contribution >= 4 is 179 Å². The third kappa shape index (κ3) is 31.9. The van der Waals surface area contributed by atoms with Gasteiger partial charge in [-0.15, -0.1) is 0 Å². The highest BCUT2D eigenvalue weighted by molar-refractivity contribution is 9.11. The lowest BCUT2D eigenvalue weighted by molar-refractivity contribution is -0.339. The Morgan fingerprint density at radius 2 is 0.813 bits per heavy atom. The lowest BCUT2D eigenvalue weighted by atomic mass is 9.81. The van der Waals surface area contributed by atoms with E-state index >= 15 is 0 Å². The summed E-state index contributed by atoms with van der Waals surface area (Å²) in [5.74, 6) is -19.6. The number of aliphatic hydroxyl groups is 5. The molecule has 0 aromatic heterocycles. The average molecular weight is 2530 g/mol. The molecule has 3 fully saturated rings. The van der Waals surface area contributed by atoms with Crippen LogP contribution in [0.25, 0.3) is 0 Å². The Hall–Kier alpha value is -8.61. The fraction of sp³-hybridized carbons (Fsp3) is 0.286. The van der Waals surface area contributed by atoms with Crippen molar-refractivity contribution in [2.24, 2.45) is 5.92 Å². The topological polar surface area (TPSA) is 285 Å². The number of rotatable bonds is 23. The van der Waals surface area contributed by atoms with Crippen LogP contribution in [0.3, 0.4) is 0 Å². The number of halogens is 23. The highest BCUT2D eigenvalue weighted by Gasteiger charge is 2.69. The van der Waals surface area contributed by atoms with E-state index in [9.17, 15) is 92.6 Å². The number of hydrogen-bond acceptors (Lipinski definition) is 19.